The van der Waals surface area contributed by atoms with E-state index in [1.165, 1.54) is 18.1 Å². The number of piperidine rings is 1. The van der Waals surface area contributed by atoms with Crippen molar-refractivity contribution in [2.45, 2.75) is 82.1 Å². The summed E-state index contributed by atoms with van der Waals surface area (Å²) in [4.78, 5) is 31.1. The van der Waals surface area contributed by atoms with E-state index in [1.54, 1.807) is 12.1 Å². The highest BCUT2D eigenvalue weighted by atomic mass is 35.5. The molecule has 0 radical (unpaired) electrons. The molecule has 2 aromatic carbocycles. The molecule has 6 nitrogen and oxygen atoms in total. The summed E-state index contributed by atoms with van der Waals surface area (Å²) in [5.41, 5.74) is 2.12. The summed E-state index contributed by atoms with van der Waals surface area (Å²) >= 11 is 12.4. The summed E-state index contributed by atoms with van der Waals surface area (Å²) in [6, 6.07) is 11.6. The first-order valence-electron chi connectivity index (χ1n) is 14.0. The number of carbonyl (C=O) groups is 2. The highest BCUT2D eigenvalue weighted by Gasteiger charge is 2.75. The molecule has 0 aromatic heterocycles. The van der Waals surface area contributed by atoms with E-state index < -0.39 is 11.0 Å². The van der Waals surface area contributed by atoms with Crippen molar-refractivity contribution in [1.82, 2.24) is 9.80 Å². The Bertz CT molecular complexity index is 1330. The fraction of sp³-hybridized carbons (Fsp3) is 0.548. The Labute approximate surface area is 240 Å². The molecule has 6 rings (SSSR count). The lowest BCUT2D eigenvalue weighted by Gasteiger charge is -2.65. The molecule has 2 aliphatic heterocycles. The average Bonchev–Trinajstić information content (AvgIpc) is 3.22. The minimum Gasteiger partial charge on any atom is -0.487 e. The maximum absolute atomic E-state index is 14.0. The van der Waals surface area contributed by atoms with Crippen LogP contribution in [0.2, 0.25) is 10.0 Å². The van der Waals surface area contributed by atoms with Gasteiger partial charge in [0.15, 0.2) is 0 Å². The van der Waals surface area contributed by atoms with Crippen molar-refractivity contribution in [3.63, 3.8) is 0 Å². The van der Waals surface area contributed by atoms with Gasteiger partial charge in [0.25, 0.3) is 0 Å². The minimum atomic E-state index is -0.692. The van der Waals surface area contributed by atoms with Crippen molar-refractivity contribution >= 4 is 35.1 Å². The van der Waals surface area contributed by atoms with Gasteiger partial charge in [-0.15, -0.1) is 0 Å². The second-order valence-electron chi connectivity index (χ2n) is 12.2. The first-order chi connectivity index (χ1) is 18.6. The Kier molecular flexibility index (Phi) is 6.68. The fourth-order valence-corrected chi connectivity index (χ4v) is 8.51. The summed E-state index contributed by atoms with van der Waals surface area (Å²) in [5, 5.41) is 0.920. The van der Waals surface area contributed by atoms with Crippen LogP contribution in [0.4, 0.5) is 0 Å². The van der Waals surface area contributed by atoms with Gasteiger partial charge in [0, 0.05) is 19.0 Å². The SMILES string of the molecule is CC(=O)O[C@@]12CC[C@H](N(CC(C)C)C(=O)Cc3ccc(Cl)c(Cl)c3)[C@@H]3Oc4cccc5c4[C@@]31CCN(C)[C@@H]2C5. The highest BCUT2D eigenvalue weighted by Crippen LogP contribution is 2.65. The zero-order chi connectivity index (χ0) is 27.7. The number of likely N-dealkylation sites (N-methyl/N-ethyl adjacent to an activating group) is 1. The second kappa shape index (κ2) is 9.67. The van der Waals surface area contributed by atoms with E-state index in [-0.39, 0.29) is 42.4 Å². The molecular formula is C31H36Cl2N2O4. The molecule has 4 aliphatic rings. The van der Waals surface area contributed by atoms with Crippen LogP contribution in [0.25, 0.3) is 0 Å². The number of halogens is 2. The molecule has 1 saturated heterocycles. The van der Waals surface area contributed by atoms with Gasteiger partial charge in [0.05, 0.1) is 34.0 Å². The predicted molar refractivity (Wildman–Crippen MR) is 152 cm³/mol. The van der Waals surface area contributed by atoms with E-state index in [4.69, 9.17) is 32.7 Å². The number of esters is 1. The number of likely N-dealkylation sites (tertiary alicyclic amines) is 1. The van der Waals surface area contributed by atoms with Gasteiger partial charge < -0.3 is 14.4 Å². The monoisotopic (exact) mass is 570 g/mol. The van der Waals surface area contributed by atoms with Crippen molar-refractivity contribution in [3.05, 3.63) is 63.1 Å². The van der Waals surface area contributed by atoms with Crippen LogP contribution in [-0.4, -0.2) is 65.6 Å². The summed E-state index contributed by atoms with van der Waals surface area (Å²) in [6.45, 7) is 7.30. The van der Waals surface area contributed by atoms with Crippen LogP contribution in [0.5, 0.6) is 5.75 Å². The van der Waals surface area contributed by atoms with Crippen LogP contribution in [0.1, 0.15) is 56.7 Å². The van der Waals surface area contributed by atoms with Gasteiger partial charge in [-0.2, -0.15) is 0 Å². The maximum atomic E-state index is 14.0. The quantitative estimate of drug-likeness (QED) is 0.432. The zero-order valence-corrected chi connectivity index (χ0v) is 24.5. The summed E-state index contributed by atoms with van der Waals surface area (Å²) < 4.78 is 13.4. The van der Waals surface area contributed by atoms with E-state index in [2.05, 4.69) is 37.9 Å². The third-order valence-electron chi connectivity index (χ3n) is 9.50. The number of ether oxygens (including phenoxy) is 2. The number of hydrogen-bond donors (Lipinski definition) is 0. The average molecular weight is 572 g/mol. The molecule has 1 spiro atoms. The number of benzene rings is 2. The van der Waals surface area contributed by atoms with Crippen LogP contribution in [0, 0.1) is 5.92 Å². The van der Waals surface area contributed by atoms with Crippen LogP contribution < -0.4 is 4.74 Å². The third-order valence-corrected chi connectivity index (χ3v) is 10.2. The van der Waals surface area contributed by atoms with Crippen molar-refractivity contribution in [2.24, 2.45) is 5.92 Å². The van der Waals surface area contributed by atoms with E-state index >= 15 is 0 Å². The van der Waals surface area contributed by atoms with Gasteiger partial charge in [0.2, 0.25) is 5.91 Å². The first-order valence-corrected chi connectivity index (χ1v) is 14.7. The van der Waals surface area contributed by atoms with Gasteiger partial charge in [-0.25, -0.2) is 0 Å². The molecule has 2 aliphatic carbocycles. The van der Waals surface area contributed by atoms with Crippen LogP contribution in [0.15, 0.2) is 36.4 Å². The highest BCUT2D eigenvalue weighted by molar-refractivity contribution is 6.42. The molecule has 0 N–H and O–H groups in total. The molecule has 1 saturated carbocycles. The van der Waals surface area contributed by atoms with E-state index in [0.717, 1.165) is 30.7 Å². The molecule has 0 unspecified atom stereocenters. The molecular weight excluding hydrogens is 535 g/mol. The first kappa shape index (κ1) is 26.9. The largest absolute Gasteiger partial charge is 0.487 e. The molecule has 5 atom stereocenters. The Morgan fingerprint density at radius 1 is 1.18 bits per heavy atom. The van der Waals surface area contributed by atoms with E-state index in [1.807, 2.05) is 17.0 Å². The Morgan fingerprint density at radius 3 is 2.69 bits per heavy atom. The number of hydrogen-bond acceptors (Lipinski definition) is 5. The van der Waals surface area contributed by atoms with Gasteiger partial charge >= 0.3 is 5.97 Å². The van der Waals surface area contributed by atoms with Crippen molar-refractivity contribution in [1.29, 1.82) is 0 Å². The maximum Gasteiger partial charge on any atom is 0.303 e. The van der Waals surface area contributed by atoms with Crippen molar-refractivity contribution in [2.75, 3.05) is 20.1 Å². The van der Waals surface area contributed by atoms with Gasteiger partial charge in [-0.1, -0.05) is 55.2 Å². The normalized spacial score (nSPS) is 30.5. The van der Waals surface area contributed by atoms with Gasteiger partial charge in [0.1, 0.15) is 17.5 Å². The summed E-state index contributed by atoms with van der Waals surface area (Å²) in [5.74, 6) is 0.944. The second-order valence-corrected chi connectivity index (χ2v) is 13.0. The summed E-state index contributed by atoms with van der Waals surface area (Å²) in [7, 11) is 2.14. The zero-order valence-electron chi connectivity index (χ0n) is 23.0. The van der Waals surface area contributed by atoms with Crippen LogP contribution in [-0.2, 0) is 32.6 Å². The Morgan fingerprint density at radius 2 is 1.97 bits per heavy atom. The molecule has 1 amide bonds. The Balaban J connectivity index is 1.44. The van der Waals surface area contributed by atoms with Gasteiger partial charge in [-0.05, 0) is 74.5 Å². The fourth-order valence-electron chi connectivity index (χ4n) is 8.19. The number of carbonyl (C=O) groups excluding carboxylic acids is 2. The lowest BCUT2D eigenvalue weighted by Crippen LogP contribution is -2.79. The summed E-state index contributed by atoms with van der Waals surface area (Å²) in [6.07, 6.45) is 2.96. The predicted octanol–water partition coefficient (Wildman–Crippen LogP) is 5.44. The topological polar surface area (TPSA) is 59.1 Å². The number of nitrogens with zero attached hydrogens (tertiary/aromatic N) is 2. The molecule has 2 bridgehead atoms. The molecule has 8 heteroatoms. The number of rotatable bonds is 6. The third kappa shape index (κ3) is 4.00. The van der Waals surface area contributed by atoms with E-state index in [9.17, 15) is 9.59 Å². The van der Waals surface area contributed by atoms with Crippen LogP contribution in [0.3, 0.4) is 0 Å². The molecule has 2 heterocycles. The molecule has 2 aromatic rings. The van der Waals surface area contributed by atoms with Gasteiger partial charge in [-0.3, -0.25) is 14.5 Å². The molecule has 2 fully saturated rings. The molecule has 208 valence electrons. The standard InChI is InChI=1S/C31H36Cl2N2O4/c1-18(2)17-35(27(37)15-20-8-9-22(32)23(33)14-20)24-10-11-31(39-19(3)36)26-16-21-6-5-7-25-28(21)30(31,29(24)38-25)12-13-34(26)4/h5-9,14,18,24,26,29H,10-13,15-17H2,1-4H3/t24-,26+,29-,30-,31+/m0/s1. The smallest absolute Gasteiger partial charge is 0.303 e. The van der Waals surface area contributed by atoms with E-state index in [0.29, 0.717) is 29.4 Å². The Hall–Kier alpha value is -2.28. The lowest BCUT2D eigenvalue weighted by atomic mass is 9.48. The number of amides is 1. The molecule has 39 heavy (non-hydrogen) atoms. The van der Waals surface area contributed by atoms with Crippen molar-refractivity contribution in [3.8, 4) is 5.75 Å². The minimum absolute atomic E-state index is 0.0449. The van der Waals surface area contributed by atoms with Crippen LogP contribution >= 0.6 is 23.2 Å². The lowest BCUT2D eigenvalue weighted by molar-refractivity contribution is -0.222. The van der Waals surface area contributed by atoms with Crippen molar-refractivity contribution < 1.29 is 19.1 Å².